The van der Waals surface area contributed by atoms with Crippen LogP contribution in [0.5, 0.6) is 0 Å². The van der Waals surface area contributed by atoms with Crippen molar-refractivity contribution in [3.63, 3.8) is 0 Å². The number of methoxy groups -OCH3 is 1. The van der Waals surface area contributed by atoms with Crippen LogP contribution < -0.4 is 10.2 Å². The van der Waals surface area contributed by atoms with Gasteiger partial charge in [-0.05, 0) is 44.0 Å². The molecule has 1 N–H and O–H groups in total. The first-order valence-corrected chi connectivity index (χ1v) is 13.4. The number of carbonyl (C=O) groups is 1. The molecule has 7 rings (SSSR count). The SMILES string of the molecule is COC1CN(c2cc(C(=O)N3C4CCNCC3CC4)cc(-c3cnn4ccc(-c5ccccc5)nc34)n2)C1. The van der Waals surface area contributed by atoms with Gasteiger partial charge in [-0.2, -0.15) is 5.10 Å². The van der Waals surface area contributed by atoms with Crippen LogP contribution in [0.3, 0.4) is 0 Å². The molecule has 9 nitrogen and oxygen atoms in total. The number of rotatable bonds is 5. The Kier molecular flexibility index (Phi) is 5.82. The van der Waals surface area contributed by atoms with Crippen LogP contribution >= 0.6 is 0 Å². The highest BCUT2D eigenvalue weighted by Crippen LogP contribution is 2.33. The molecule has 38 heavy (non-hydrogen) atoms. The number of benzene rings is 1. The third-order valence-corrected chi connectivity index (χ3v) is 8.17. The van der Waals surface area contributed by atoms with Crippen molar-refractivity contribution in [2.45, 2.75) is 37.5 Å². The highest BCUT2D eigenvalue weighted by Gasteiger charge is 2.39. The van der Waals surface area contributed by atoms with Crippen LogP contribution in [-0.2, 0) is 4.74 Å². The van der Waals surface area contributed by atoms with Crippen LogP contribution in [0.4, 0.5) is 5.82 Å². The first-order valence-electron chi connectivity index (χ1n) is 13.4. The maximum absolute atomic E-state index is 14.0. The van der Waals surface area contributed by atoms with Gasteiger partial charge in [0.1, 0.15) is 5.82 Å². The quantitative estimate of drug-likeness (QED) is 0.442. The fourth-order valence-electron chi connectivity index (χ4n) is 6.00. The summed E-state index contributed by atoms with van der Waals surface area (Å²) in [6.45, 7) is 3.33. The lowest BCUT2D eigenvalue weighted by Crippen LogP contribution is -2.52. The van der Waals surface area contributed by atoms with E-state index in [1.165, 1.54) is 0 Å². The van der Waals surface area contributed by atoms with Gasteiger partial charge in [-0.25, -0.2) is 14.5 Å². The third-order valence-electron chi connectivity index (χ3n) is 8.17. The molecule has 3 aliphatic rings. The van der Waals surface area contributed by atoms with Crippen LogP contribution in [0.1, 0.15) is 29.6 Å². The molecule has 1 aromatic carbocycles. The Morgan fingerprint density at radius 3 is 2.68 bits per heavy atom. The van der Waals surface area contributed by atoms with Crippen LogP contribution in [0.2, 0.25) is 0 Å². The van der Waals surface area contributed by atoms with E-state index in [4.69, 9.17) is 14.7 Å². The largest absolute Gasteiger partial charge is 0.378 e. The van der Waals surface area contributed by atoms with E-state index in [0.29, 0.717) is 16.9 Å². The molecule has 6 heterocycles. The summed E-state index contributed by atoms with van der Waals surface area (Å²) in [5.74, 6) is 0.877. The molecular formula is C29H31N7O2. The van der Waals surface area contributed by atoms with E-state index in [-0.39, 0.29) is 24.1 Å². The van der Waals surface area contributed by atoms with Gasteiger partial charge in [0, 0.05) is 56.2 Å². The van der Waals surface area contributed by atoms with Crippen molar-refractivity contribution in [2.75, 3.05) is 38.2 Å². The van der Waals surface area contributed by atoms with E-state index in [9.17, 15) is 4.79 Å². The van der Waals surface area contributed by atoms with Crippen LogP contribution in [0, 0.1) is 0 Å². The maximum atomic E-state index is 14.0. The summed E-state index contributed by atoms with van der Waals surface area (Å²) in [5, 5.41) is 8.05. The van der Waals surface area contributed by atoms with E-state index >= 15 is 0 Å². The highest BCUT2D eigenvalue weighted by molar-refractivity contribution is 5.97. The number of aromatic nitrogens is 4. The van der Waals surface area contributed by atoms with Gasteiger partial charge in [-0.3, -0.25) is 4.79 Å². The normalized spacial score (nSPS) is 21.5. The van der Waals surface area contributed by atoms with Gasteiger partial charge in [-0.1, -0.05) is 30.3 Å². The molecular weight excluding hydrogens is 478 g/mol. The van der Waals surface area contributed by atoms with Crippen molar-refractivity contribution in [1.29, 1.82) is 0 Å². The molecule has 194 valence electrons. The topological polar surface area (TPSA) is 87.9 Å². The van der Waals surface area contributed by atoms with E-state index < -0.39 is 0 Å². The van der Waals surface area contributed by atoms with Gasteiger partial charge >= 0.3 is 0 Å². The summed E-state index contributed by atoms with van der Waals surface area (Å²) < 4.78 is 7.27. The summed E-state index contributed by atoms with van der Waals surface area (Å²) in [6.07, 6.45) is 7.02. The Morgan fingerprint density at radius 1 is 1.00 bits per heavy atom. The van der Waals surface area contributed by atoms with Crippen LogP contribution in [-0.4, -0.2) is 81.9 Å². The summed E-state index contributed by atoms with van der Waals surface area (Å²) in [7, 11) is 1.74. The Hall–Kier alpha value is -3.82. The molecule has 3 saturated heterocycles. The number of amides is 1. The molecule has 2 atom stereocenters. The number of nitrogens with zero attached hydrogens (tertiary/aromatic N) is 6. The van der Waals surface area contributed by atoms with Gasteiger partial charge in [0.15, 0.2) is 5.65 Å². The number of nitrogens with one attached hydrogen (secondary N) is 1. The zero-order chi connectivity index (χ0) is 25.6. The monoisotopic (exact) mass is 509 g/mol. The number of hydrogen-bond donors (Lipinski definition) is 1. The Balaban J connectivity index is 1.31. The summed E-state index contributed by atoms with van der Waals surface area (Å²) in [5.41, 5.74) is 4.81. The first-order chi connectivity index (χ1) is 18.7. The van der Waals surface area contributed by atoms with Crippen molar-refractivity contribution >= 4 is 17.4 Å². The number of anilines is 1. The maximum Gasteiger partial charge on any atom is 0.254 e. The first kappa shape index (κ1) is 23.3. The fourth-order valence-corrected chi connectivity index (χ4v) is 6.00. The van der Waals surface area contributed by atoms with Crippen LogP contribution in [0.25, 0.3) is 28.2 Å². The van der Waals surface area contributed by atoms with Gasteiger partial charge in [-0.15, -0.1) is 0 Å². The van der Waals surface area contributed by atoms with Crippen molar-refractivity contribution < 1.29 is 9.53 Å². The molecule has 3 aromatic heterocycles. The van der Waals surface area contributed by atoms with Gasteiger partial charge in [0.25, 0.3) is 5.91 Å². The molecule has 1 amide bonds. The van der Waals surface area contributed by atoms with Gasteiger partial charge < -0.3 is 19.9 Å². The lowest BCUT2D eigenvalue weighted by molar-refractivity contribution is 0.0680. The third kappa shape index (κ3) is 4.02. The lowest BCUT2D eigenvalue weighted by atomic mass is 10.1. The summed E-state index contributed by atoms with van der Waals surface area (Å²) in [4.78, 5) is 28.3. The Labute approximate surface area is 221 Å². The van der Waals surface area contributed by atoms with E-state index in [0.717, 1.165) is 68.1 Å². The minimum atomic E-state index is 0.0873. The second kappa shape index (κ2) is 9.49. The molecule has 3 fully saturated rings. The molecule has 2 unspecified atom stereocenters. The number of fused-ring (bicyclic) bond motifs is 3. The minimum Gasteiger partial charge on any atom is -0.378 e. The number of pyridine rings is 1. The van der Waals surface area contributed by atoms with E-state index in [1.807, 2.05) is 54.7 Å². The number of hydrogen-bond acceptors (Lipinski definition) is 7. The Bertz CT molecular complexity index is 1470. The van der Waals surface area contributed by atoms with Gasteiger partial charge in [0.2, 0.25) is 0 Å². The van der Waals surface area contributed by atoms with E-state index in [1.54, 1.807) is 17.8 Å². The molecule has 2 bridgehead atoms. The van der Waals surface area contributed by atoms with Crippen LogP contribution in [0.15, 0.2) is 60.9 Å². The zero-order valence-corrected chi connectivity index (χ0v) is 21.5. The van der Waals surface area contributed by atoms with Crippen molar-refractivity contribution in [1.82, 2.24) is 29.8 Å². The molecule has 4 aromatic rings. The molecule has 3 aliphatic heterocycles. The van der Waals surface area contributed by atoms with E-state index in [2.05, 4.69) is 20.2 Å². The number of carbonyl (C=O) groups excluding carboxylic acids is 1. The van der Waals surface area contributed by atoms with Crippen molar-refractivity contribution in [3.05, 3.63) is 66.5 Å². The molecule has 0 spiro atoms. The summed E-state index contributed by atoms with van der Waals surface area (Å²) in [6, 6.07) is 16.5. The van der Waals surface area contributed by atoms with Crippen molar-refractivity contribution in [2.24, 2.45) is 0 Å². The smallest absolute Gasteiger partial charge is 0.254 e. The fraction of sp³-hybridized carbons (Fsp3) is 0.379. The molecule has 0 saturated carbocycles. The highest BCUT2D eigenvalue weighted by atomic mass is 16.5. The van der Waals surface area contributed by atoms with Crippen molar-refractivity contribution in [3.8, 4) is 22.5 Å². The zero-order valence-electron chi connectivity index (χ0n) is 21.5. The Morgan fingerprint density at radius 2 is 1.84 bits per heavy atom. The second-order valence-corrected chi connectivity index (χ2v) is 10.5. The molecule has 0 aliphatic carbocycles. The summed E-state index contributed by atoms with van der Waals surface area (Å²) >= 11 is 0. The van der Waals surface area contributed by atoms with Gasteiger partial charge in [0.05, 0.1) is 29.3 Å². The second-order valence-electron chi connectivity index (χ2n) is 10.5. The number of ether oxygens (including phenoxy) is 1. The predicted octanol–water partition coefficient (Wildman–Crippen LogP) is 3.26. The average molecular weight is 510 g/mol. The minimum absolute atomic E-state index is 0.0873. The molecule has 0 radical (unpaired) electrons. The standard InChI is InChI=1S/C29H31N7O2/c1-38-23-17-34(18-23)27-14-20(29(37)36-21-7-8-22(36)15-30-11-9-21)13-26(32-27)24-16-31-35-12-10-25(33-28(24)35)19-5-3-2-4-6-19/h2-6,10,12-14,16,21-23,30H,7-9,11,15,17-18H2,1H3. The molecule has 9 heteroatoms. The predicted molar refractivity (Wildman–Crippen MR) is 145 cm³/mol. The lowest BCUT2D eigenvalue weighted by Gasteiger charge is -2.39. The average Bonchev–Trinajstić information content (AvgIpc) is 3.46.